The van der Waals surface area contributed by atoms with Crippen LogP contribution in [0, 0.1) is 0 Å². The van der Waals surface area contributed by atoms with Crippen molar-refractivity contribution in [1.82, 2.24) is 10.5 Å². The van der Waals surface area contributed by atoms with Crippen LogP contribution >= 0.6 is 0 Å². The molecule has 0 aliphatic heterocycles. The van der Waals surface area contributed by atoms with E-state index in [0.29, 0.717) is 5.56 Å². The minimum Gasteiger partial charge on any atom is -0.358 e. The number of aromatic nitrogens is 1. The van der Waals surface area contributed by atoms with Gasteiger partial charge < -0.3 is 4.98 Å². The summed E-state index contributed by atoms with van der Waals surface area (Å²) < 4.78 is 0. The maximum absolute atomic E-state index is 11.9. The highest BCUT2D eigenvalue weighted by Gasteiger charge is 2.18. The molecule has 94 valence electrons. The number of rotatable bonds is 2. The zero-order valence-corrected chi connectivity index (χ0v) is 10.4. The average Bonchev–Trinajstić information content (AvgIpc) is 2.77. The molecule has 1 heterocycles. The number of amides is 1. The second-order valence-corrected chi connectivity index (χ2v) is 4.65. The lowest BCUT2D eigenvalue weighted by Gasteiger charge is -2.10. The highest BCUT2D eigenvalue weighted by Crippen LogP contribution is 2.30. The van der Waals surface area contributed by atoms with Gasteiger partial charge in [-0.05, 0) is 37.3 Å². The Kier molecular flexibility index (Phi) is 2.80. The minimum atomic E-state index is -0.207. The molecule has 0 bridgehead atoms. The molecule has 1 aliphatic carbocycles. The Morgan fingerprint density at radius 1 is 1.33 bits per heavy atom. The lowest BCUT2D eigenvalue weighted by Crippen LogP contribution is -2.22. The SMILES string of the molecule is CONC(=O)c1cccc2c3c([nH]c12)CCCC3. The van der Waals surface area contributed by atoms with Crippen molar-refractivity contribution in [2.24, 2.45) is 0 Å². The third-order valence-corrected chi connectivity index (χ3v) is 3.57. The standard InChI is InChI=1S/C14H16N2O2/c1-18-16-14(17)11-7-4-6-10-9-5-2-3-8-12(9)15-13(10)11/h4,6-7,15H,2-3,5,8H2,1H3,(H,16,17). The highest BCUT2D eigenvalue weighted by atomic mass is 16.6. The van der Waals surface area contributed by atoms with Crippen molar-refractivity contribution in [3.8, 4) is 0 Å². The van der Waals surface area contributed by atoms with Crippen molar-refractivity contribution in [2.75, 3.05) is 7.11 Å². The van der Waals surface area contributed by atoms with Gasteiger partial charge in [0.1, 0.15) is 0 Å². The van der Waals surface area contributed by atoms with Gasteiger partial charge in [-0.2, -0.15) is 0 Å². The fourth-order valence-corrected chi connectivity index (χ4v) is 2.77. The fraction of sp³-hybridized carbons (Fsp3) is 0.357. The number of benzene rings is 1. The van der Waals surface area contributed by atoms with Gasteiger partial charge in [0.25, 0.3) is 5.91 Å². The molecule has 1 aromatic carbocycles. The van der Waals surface area contributed by atoms with Gasteiger partial charge in [-0.25, -0.2) is 5.48 Å². The Hall–Kier alpha value is -1.81. The van der Waals surface area contributed by atoms with Gasteiger partial charge in [-0.3, -0.25) is 9.63 Å². The third-order valence-electron chi connectivity index (χ3n) is 3.57. The number of aromatic amines is 1. The zero-order chi connectivity index (χ0) is 12.5. The first-order chi connectivity index (χ1) is 8.81. The normalized spacial score (nSPS) is 14.5. The molecular weight excluding hydrogens is 228 g/mol. The number of para-hydroxylation sites is 1. The summed E-state index contributed by atoms with van der Waals surface area (Å²) in [6, 6.07) is 5.83. The van der Waals surface area contributed by atoms with E-state index in [-0.39, 0.29) is 5.91 Å². The molecule has 2 N–H and O–H groups in total. The molecule has 0 saturated heterocycles. The van der Waals surface area contributed by atoms with E-state index in [2.05, 4.69) is 16.5 Å². The number of nitrogens with one attached hydrogen (secondary N) is 2. The van der Waals surface area contributed by atoms with Crippen LogP contribution in [0.5, 0.6) is 0 Å². The van der Waals surface area contributed by atoms with Crippen molar-refractivity contribution in [3.63, 3.8) is 0 Å². The van der Waals surface area contributed by atoms with Crippen LogP contribution in [0.3, 0.4) is 0 Å². The molecule has 3 rings (SSSR count). The molecule has 18 heavy (non-hydrogen) atoms. The van der Waals surface area contributed by atoms with Gasteiger partial charge in [-0.15, -0.1) is 0 Å². The molecule has 0 spiro atoms. The van der Waals surface area contributed by atoms with E-state index in [1.165, 1.54) is 36.6 Å². The summed E-state index contributed by atoms with van der Waals surface area (Å²) in [5, 5.41) is 1.17. The minimum absolute atomic E-state index is 0.207. The Labute approximate surface area is 105 Å². The molecular formula is C14H16N2O2. The fourth-order valence-electron chi connectivity index (χ4n) is 2.77. The van der Waals surface area contributed by atoms with E-state index in [4.69, 9.17) is 4.84 Å². The molecule has 2 aromatic rings. The summed E-state index contributed by atoms with van der Waals surface area (Å²) in [6.45, 7) is 0. The predicted molar refractivity (Wildman–Crippen MR) is 69.4 cm³/mol. The molecule has 0 saturated carbocycles. The Morgan fingerprint density at radius 2 is 2.17 bits per heavy atom. The molecule has 1 aromatic heterocycles. The lowest BCUT2D eigenvalue weighted by atomic mass is 9.95. The van der Waals surface area contributed by atoms with Crippen molar-refractivity contribution >= 4 is 16.8 Å². The number of fused-ring (bicyclic) bond motifs is 3. The van der Waals surface area contributed by atoms with Crippen LogP contribution in [0.25, 0.3) is 10.9 Å². The smallest absolute Gasteiger partial charge is 0.276 e. The Morgan fingerprint density at radius 3 is 3.00 bits per heavy atom. The van der Waals surface area contributed by atoms with E-state index < -0.39 is 0 Å². The second kappa shape index (κ2) is 4.46. The van der Waals surface area contributed by atoms with Gasteiger partial charge in [0.15, 0.2) is 0 Å². The number of H-pyrrole nitrogens is 1. The van der Waals surface area contributed by atoms with Gasteiger partial charge in [0.05, 0.1) is 18.2 Å². The van der Waals surface area contributed by atoms with Crippen LogP contribution in [0.2, 0.25) is 0 Å². The van der Waals surface area contributed by atoms with Crippen LogP contribution in [-0.2, 0) is 17.7 Å². The third kappa shape index (κ3) is 1.69. The molecule has 0 atom stereocenters. The average molecular weight is 244 g/mol. The Bertz CT molecular complexity index is 601. The first kappa shape index (κ1) is 11.3. The Balaban J connectivity index is 2.16. The number of hydrogen-bond donors (Lipinski definition) is 2. The van der Waals surface area contributed by atoms with Crippen molar-refractivity contribution in [2.45, 2.75) is 25.7 Å². The van der Waals surface area contributed by atoms with Gasteiger partial charge >= 0.3 is 0 Å². The maximum Gasteiger partial charge on any atom is 0.276 e. The van der Waals surface area contributed by atoms with E-state index in [1.807, 2.05) is 12.1 Å². The molecule has 0 fully saturated rings. The highest BCUT2D eigenvalue weighted by molar-refractivity contribution is 6.06. The summed E-state index contributed by atoms with van der Waals surface area (Å²) in [7, 11) is 1.44. The quantitative estimate of drug-likeness (QED) is 0.797. The van der Waals surface area contributed by atoms with Gasteiger partial charge in [0, 0.05) is 11.1 Å². The van der Waals surface area contributed by atoms with Crippen LogP contribution in [0.15, 0.2) is 18.2 Å². The summed E-state index contributed by atoms with van der Waals surface area (Å²) >= 11 is 0. The van der Waals surface area contributed by atoms with E-state index >= 15 is 0 Å². The van der Waals surface area contributed by atoms with E-state index in [0.717, 1.165) is 18.4 Å². The van der Waals surface area contributed by atoms with Gasteiger partial charge in [0.2, 0.25) is 0 Å². The second-order valence-electron chi connectivity index (χ2n) is 4.65. The van der Waals surface area contributed by atoms with Crippen LogP contribution < -0.4 is 5.48 Å². The van der Waals surface area contributed by atoms with Gasteiger partial charge in [-0.1, -0.05) is 12.1 Å². The topological polar surface area (TPSA) is 54.1 Å². The van der Waals surface area contributed by atoms with Crippen molar-refractivity contribution in [1.29, 1.82) is 0 Å². The summed E-state index contributed by atoms with van der Waals surface area (Å²) in [5.41, 5.74) is 6.61. The summed E-state index contributed by atoms with van der Waals surface area (Å²) in [6.07, 6.45) is 4.63. The van der Waals surface area contributed by atoms with Crippen LogP contribution in [-0.4, -0.2) is 18.0 Å². The largest absolute Gasteiger partial charge is 0.358 e. The number of hydrogen-bond acceptors (Lipinski definition) is 2. The number of carbonyl (C=O) groups is 1. The zero-order valence-electron chi connectivity index (χ0n) is 10.4. The monoisotopic (exact) mass is 244 g/mol. The van der Waals surface area contributed by atoms with Crippen molar-refractivity contribution in [3.05, 3.63) is 35.0 Å². The molecule has 4 nitrogen and oxygen atoms in total. The molecule has 0 radical (unpaired) electrons. The number of carbonyl (C=O) groups excluding carboxylic acids is 1. The molecule has 4 heteroatoms. The maximum atomic E-state index is 11.9. The summed E-state index contributed by atoms with van der Waals surface area (Å²) in [5.74, 6) is -0.207. The number of hydroxylamine groups is 1. The van der Waals surface area contributed by atoms with Crippen LogP contribution in [0.1, 0.15) is 34.5 Å². The lowest BCUT2D eigenvalue weighted by molar-refractivity contribution is 0.0539. The molecule has 1 aliphatic rings. The van der Waals surface area contributed by atoms with Crippen molar-refractivity contribution < 1.29 is 9.63 Å². The van der Waals surface area contributed by atoms with E-state index in [1.54, 1.807) is 0 Å². The molecule has 1 amide bonds. The molecule has 0 unspecified atom stereocenters. The predicted octanol–water partition coefficient (Wildman–Crippen LogP) is 2.34. The number of aryl methyl sites for hydroxylation is 2. The summed E-state index contributed by atoms with van der Waals surface area (Å²) in [4.78, 5) is 20.0. The first-order valence-electron chi connectivity index (χ1n) is 6.27. The van der Waals surface area contributed by atoms with Crippen LogP contribution in [0.4, 0.5) is 0 Å². The first-order valence-corrected chi connectivity index (χ1v) is 6.27. The van der Waals surface area contributed by atoms with E-state index in [9.17, 15) is 4.79 Å².